The number of halogens is 1. The molecule has 9 nitrogen and oxygen atoms in total. The predicted octanol–water partition coefficient (Wildman–Crippen LogP) is 5.01. The SMILES string of the molecule is Cc1c(Oc2ccn3ncnc3c2)ccc(Nc2ncnc3ccc(NC(=O)C#CC4CC4)cc23)c1F. The average molecular weight is 494 g/mol. The Bertz CT molecular complexity index is 1730. The van der Waals surface area contributed by atoms with Gasteiger partial charge in [-0.05, 0) is 62.1 Å². The number of rotatable bonds is 5. The highest BCUT2D eigenvalue weighted by atomic mass is 19.1. The lowest BCUT2D eigenvalue weighted by Gasteiger charge is -2.14. The zero-order chi connectivity index (χ0) is 25.4. The lowest BCUT2D eigenvalue weighted by atomic mass is 10.1. The molecular weight excluding hydrogens is 473 g/mol. The molecule has 1 aliphatic carbocycles. The van der Waals surface area contributed by atoms with E-state index in [1.54, 1.807) is 60.1 Å². The van der Waals surface area contributed by atoms with Crippen LogP contribution >= 0.6 is 0 Å². The van der Waals surface area contributed by atoms with Crippen molar-refractivity contribution in [2.75, 3.05) is 10.6 Å². The van der Waals surface area contributed by atoms with Gasteiger partial charge in [-0.15, -0.1) is 0 Å². The molecule has 10 heteroatoms. The Morgan fingerprint density at radius 3 is 2.86 bits per heavy atom. The molecule has 1 fully saturated rings. The standard InChI is InChI=1S/C27H20FN7O2/c1-16-23(37-19-10-11-35-24(13-19)30-15-32-35)8-7-22(26(16)28)34-27-20-12-18(5-6-21(20)29-14-31-27)33-25(36)9-4-17-2-3-17/h5-8,10-15,17H,2-3H2,1H3,(H,33,36)(H,29,31,34). The number of fused-ring (bicyclic) bond motifs is 2. The summed E-state index contributed by atoms with van der Waals surface area (Å²) < 4.78 is 22.9. The maximum absolute atomic E-state index is 15.4. The smallest absolute Gasteiger partial charge is 0.300 e. The molecule has 2 N–H and O–H groups in total. The van der Waals surface area contributed by atoms with Gasteiger partial charge in [-0.25, -0.2) is 23.9 Å². The summed E-state index contributed by atoms with van der Waals surface area (Å²) in [5, 5.41) is 10.5. The minimum Gasteiger partial charge on any atom is -0.457 e. The van der Waals surface area contributed by atoms with Gasteiger partial charge in [0.05, 0.1) is 11.2 Å². The van der Waals surface area contributed by atoms with Crippen LogP contribution in [0.1, 0.15) is 18.4 Å². The van der Waals surface area contributed by atoms with Crippen molar-refractivity contribution in [3.8, 4) is 23.3 Å². The van der Waals surface area contributed by atoms with Crippen molar-refractivity contribution in [3.05, 3.63) is 72.7 Å². The summed E-state index contributed by atoms with van der Waals surface area (Å²) in [5.41, 5.74) is 2.36. The maximum atomic E-state index is 15.4. The molecule has 5 aromatic rings. The number of benzene rings is 2. The molecular formula is C27H20FN7O2. The lowest BCUT2D eigenvalue weighted by molar-refractivity contribution is -0.111. The summed E-state index contributed by atoms with van der Waals surface area (Å²) in [6, 6.07) is 11.9. The van der Waals surface area contributed by atoms with Gasteiger partial charge < -0.3 is 15.4 Å². The molecule has 0 saturated heterocycles. The Kier molecular flexibility index (Phi) is 5.58. The number of nitrogens with one attached hydrogen (secondary N) is 2. The van der Waals surface area contributed by atoms with E-state index in [1.807, 2.05) is 0 Å². The molecule has 1 aliphatic rings. The van der Waals surface area contributed by atoms with Gasteiger partial charge in [0.25, 0.3) is 5.91 Å². The Morgan fingerprint density at radius 1 is 1.11 bits per heavy atom. The van der Waals surface area contributed by atoms with E-state index in [2.05, 4.69) is 42.5 Å². The number of nitrogens with zero attached hydrogens (tertiary/aromatic N) is 5. The highest BCUT2D eigenvalue weighted by molar-refractivity contribution is 6.05. The normalized spacial score (nSPS) is 12.7. The van der Waals surface area contributed by atoms with Gasteiger partial charge in [0, 0.05) is 34.8 Å². The van der Waals surface area contributed by atoms with Crippen LogP contribution in [0.15, 0.2) is 61.3 Å². The number of anilines is 3. The third kappa shape index (κ3) is 4.75. The van der Waals surface area contributed by atoms with Crippen molar-refractivity contribution in [1.29, 1.82) is 0 Å². The van der Waals surface area contributed by atoms with Crippen LogP contribution in [0.5, 0.6) is 11.5 Å². The van der Waals surface area contributed by atoms with Gasteiger partial charge in [0.15, 0.2) is 11.5 Å². The van der Waals surface area contributed by atoms with Crippen LogP contribution in [-0.2, 0) is 4.79 Å². The molecule has 0 radical (unpaired) electrons. The lowest BCUT2D eigenvalue weighted by Crippen LogP contribution is -2.08. The van der Waals surface area contributed by atoms with Crippen LogP contribution in [0.25, 0.3) is 16.6 Å². The summed E-state index contributed by atoms with van der Waals surface area (Å²) >= 11 is 0. The fourth-order valence-corrected chi connectivity index (χ4v) is 3.78. The van der Waals surface area contributed by atoms with E-state index in [1.165, 1.54) is 12.7 Å². The number of pyridine rings is 1. The topological polar surface area (TPSA) is 106 Å². The second-order valence-corrected chi connectivity index (χ2v) is 8.65. The van der Waals surface area contributed by atoms with Crippen LogP contribution in [0.4, 0.5) is 21.6 Å². The zero-order valence-corrected chi connectivity index (χ0v) is 19.7. The summed E-state index contributed by atoms with van der Waals surface area (Å²) in [7, 11) is 0. The van der Waals surface area contributed by atoms with Crippen LogP contribution in [0.3, 0.4) is 0 Å². The van der Waals surface area contributed by atoms with Crippen LogP contribution < -0.4 is 15.4 Å². The van der Waals surface area contributed by atoms with Gasteiger partial charge in [-0.3, -0.25) is 4.79 Å². The van der Waals surface area contributed by atoms with Gasteiger partial charge in [0.2, 0.25) is 0 Å². The van der Waals surface area contributed by atoms with Crippen molar-refractivity contribution < 1.29 is 13.9 Å². The first kappa shape index (κ1) is 22.4. The molecule has 0 unspecified atom stereocenters. The molecule has 0 aliphatic heterocycles. The van der Waals surface area contributed by atoms with E-state index in [-0.39, 0.29) is 11.6 Å². The van der Waals surface area contributed by atoms with E-state index >= 15 is 4.39 Å². The minimum atomic E-state index is -0.479. The highest BCUT2D eigenvalue weighted by Gasteiger charge is 2.18. The van der Waals surface area contributed by atoms with Crippen molar-refractivity contribution in [1.82, 2.24) is 24.6 Å². The highest BCUT2D eigenvalue weighted by Crippen LogP contribution is 2.33. The monoisotopic (exact) mass is 493 g/mol. The number of carbonyl (C=O) groups excluding carboxylic acids is 1. The summed E-state index contributed by atoms with van der Waals surface area (Å²) in [5.74, 6) is 6.32. The van der Waals surface area contributed by atoms with E-state index < -0.39 is 5.82 Å². The summed E-state index contributed by atoms with van der Waals surface area (Å²) in [4.78, 5) is 24.9. The van der Waals surface area contributed by atoms with Crippen molar-refractivity contribution in [2.24, 2.45) is 5.92 Å². The molecule has 0 bridgehead atoms. The first-order valence-corrected chi connectivity index (χ1v) is 11.6. The van der Waals surface area contributed by atoms with Gasteiger partial charge >= 0.3 is 0 Å². The van der Waals surface area contributed by atoms with Crippen LogP contribution in [0, 0.1) is 30.5 Å². The molecule has 37 heavy (non-hydrogen) atoms. The third-order valence-electron chi connectivity index (χ3n) is 5.93. The number of amides is 1. The summed E-state index contributed by atoms with van der Waals surface area (Å²) in [6.45, 7) is 1.64. The number of carbonyl (C=O) groups is 1. The van der Waals surface area contributed by atoms with Gasteiger partial charge in [-0.1, -0.05) is 5.92 Å². The Morgan fingerprint density at radius 2 is 2.00 bits per heavy atom. The van der Waals surface area contributed by atoms with Crippen LogP contribution in [-0.4, -0.2) is 30.5 Å². The van der Waals surface area contributed by atoms with Crippen molar-refractivity contribution in [2.45, 2.75) is 19.8 Å². The second-order valence-electron chi connectivity index (χ2n) is 8.65. The van der Waals surface area contributed by atoms with Gasteiger partial charge in [-0.2, -0.15) is 5.10 Å². The van der Waals surface area contributed by atoms with Crippen molar-refractivity contribution in [3.63, 3.8) is 0 Å². The second kappa shape index (κ2) is 9.20. The van der Waals surface area contributed by atoms with Gasteiger partial charge in [0.1, 0.15) is 30.0 Å². The zero-order valence-electron chi connectivity index (χ0n) is 19.7. The molecule has 2 aromatic carbocycles. The van der Waals surface area contributed by atoms with E-state index in [0.29, 0.717) is 51.0 Å². The molecule has 3 aromatic heterocycles. The summed E-state index contributed by atoms with van der Waals surface area (Å²) in [6.07, 6.45) is 6.65. The first-order chi connectivity index (χ1) is 18.0. The number of hydrogen-bond donors (Lipinski definition) is 2. The predicted molar refractivity (Wildman–Crippen MR) is 136 cm³/mol. The van der Waals surface area contributed by atoms with E-state index in [0.717, 1.165) is 12.8 Å². The van der Waals surface area contributed by atoms with E-state index in [4.69, 9.17) is 4.74 Å². The quantitative estimate of drug-likeness (QED) is 0.332. The number of hydrogen-bond acceptors (Lipinski definition) is 7. The van der Waals surface area contributed by atoms with E-state index in [9.17, 15) is 4.79 Å². The Hall–Kier alpha value is -5.04. The maximum Gasteiger partial charge on any atom is 0.300 e. The molecule has 182 valence electrons. The molecule has 1 saturated carbocycles. The largest absolute Gasteiger partial charge is 0.457 e. The van der Waals surface area contributed by atoms with Crippen LogP contribution in [0.2, 0.25) is 0 Å². The molecule has 6 rings (SSSR count). The fourth-order valence-electron chi connectivity index (χ4n) is 3.78. The Labute approximate surface area is 210 Å². The molecule has 3 heterocycles. The first-order valence-electron chi connectivity index (χ1n) is 11.6. The minimum absolute atomic E-state index is 0.225. The van der Waals surface area contributed by atoms with Crippen molar-refractivity contribution >= 4 is 39.6 Å². The molecule has 1 amide bonds. The number of aromatic nitrogens is 5. The number of ether oxygens (including phenoxy) is 1. The Balaban J connectivity index is 1.25. The molecule has 0 atom stereocenters. The average Bonchev–Trinajstić information content (AvgIpc) is 3.62. The fraction of sp³-hybridized carbons (Fsp3) is 0.148. The molecule has 0 spiro atoms. The third-order valence-corrected chi connectivity index (χ3v) is 5.93.